The van der Waals surface area contributed by atoms with Gasteiger partial charge in [0.1, 0.15) is 0 Å². The minimum absolute atomic E-state index is 0.110. The average Bonchev–Trinajstić information content (AvgIpc) is 2.69. The monoisotopic (exact) mass is 267 g/mol. The van der Waals surface area contributed by atoms with Crippen LogP contribution in [0.5, 0.6) is 0 Å². The first-order valence-corrected chi connectivity index (χ1v) is 8.23. The fourth-order valence-electron chi connectivity index (χ4n) is 4.21. The Kier molecular flexibility index (Phi) is 4.32. The molecule has 1 aliphatic heterocycles. The largest absolute Gasteiger partial charge is 0.391 e. The number of nitrogens with zero attached hydrogens (tertiary/aromatic N) is 1. The number of aliphatic hydroxyl groups is 1. The topological polar surface area (TPSA) is 23.5 Å². The van der Waals surface area contributed by atoms with E-state index in [1.165, 1.54) is 38.6 Å². The van der Waals surface area contributed by atoms with Crippen molar-refractivity contribution in [3.8, 4) is 0 Å². The van der Waals surface area contributed by atoms with Crippen LogP contribution in [0, 0.1) is 11.3 Å². The molecule has 0 aromatic rings. The van der Waals surface area contributed by atoms with Crippen molar-refractivity contribution in [1.82, 2.24) is 4.90 Å². The third-order valence-electron chi connectivity index (χ3n) is 6.16. The first-order chi connectivity index (χ1) is 8.78. The Morgan fingerprint density at radius 1 is 1.26 bits per heavy atom. The van der Waals surface area contributed by atoms with Gasteiger partial charge in [-0.15, -0.1) is 0 Å². The minimum atomic E-state index is -0.110. The second kappa shape index (κ2) is 5.37. The highest BCUT2D eigenvalue weighted by Gasteiger charge is 2.44. The Hall–Kier alpha value is -0.0800. The average molecular weight is 267 g/mol. The number of rotatable bonds is 3. The van der Waals surface area contributed by atoms with E-state index in [9.17, 15) is 5.11 Å². The summed E-state index contributed by atoms with van der Waals surface area (Å²) >= 11 is 0. The third kappa shape index (κ3) is 3.00. The van der Waals surface area contributed by atoms with Crippen molar-refractivity contribution in [3.63, 3.8) is 0 Å². The zero-order valence-electron chi connectivity index (χ0n) is 13.6. The van der Waals surface area contributed by atoms with Crippen molar-refractivity contribution in [2.75, 3.05) is 6.54 Å². The van der Waals surface area contributed by atoms with Gasteiger partial charge in [0.25, 0.3) is 0 Å². The van der Waals surface area contributed by atoms with Crippen LogP contribution >= 0.6 is 0 Å². The maximum Gasteiger partial charge on any atom is 0.0695 e. The lowest BCUT2D eigenvalue weighted by Crippen LogP contribution is -2.54. The zero-order chi connectivity index (χ0) is 14.3. The van der Waals surface area contributed by atoms with Crippen molar-refractivity contribution in [1.29, 1.82) is 0 Å². The summed E-state index contributed by atoms with van der Waals surface area (Å²) in [5.74, 6) is 0.766. The van der Waals surface area contributed by atoms with Gasteiger partial charge >= 0.3 is 0 Å². The molecule has 0 bridgehead atoms. The minimum Gasteiger partial charge on any atom is -0.391 e. The summed E-state index contributed by atoms with van der Waals surface area (Å²) in [7, 11) is 0. The molecule has 2 heteroatoms. The van der Waals surface area contributed by atoms with E-state index < -0.39 is 0 Å². The second-order valence-electron chi connectivity index (χ2n) is 8.10. The molecule has 2 rings (SSSR count). The highest BCUT2D eigenvalue weighted by molar-refractivity contribution is 4.98. The summed E-state index contributed by atoms with van der Waals surface area (Å²) in [4.78, 5) is 2.61. The Morgan fingerprint density at radius 2 is 1.95 bits per heavy atom. The summed E-state index contributed by atoms with van der Waals surface area (Å²) in [6.45, 7) is 13.0. The molecule has 1 heterocycles. The van der Waals surface area contributed by atoms with Crippen LogP contribution in [0.25, 0.3) is 0 Å². The lowest BCUT2D eigenvalue weighted by atomic mass is 9.67. The van der Waals surface area contributed by atoms with Gasteiger partial charge in [0.15, 0.2) is 0 Å². The normalized spacial score (nSPS) is 36.6. The smallest absolute Gasteiger partial charge is 0.0695 e. The predicted molar refractivity (Wildman–Crippen MR) is 81.2 cm³/mol. The molecule has 0 amide bonds. The van der Waals surface area contributed by atoms with Crippen LogP contribution in [0.1, 0.15) is 73.1 Å². The van der Waals surface area contributed by atoms with E-state index in [1.54, 1.807) is 0 Å². The maximum atomic E-state index is 10.5. The van der Waals surface area contributed by atoms with Crippen LogP contribution < -0.4 is 0 Å². The van der Waals surface area contributed by atoms with Gasteiger partial charge in [-0.1, -0.05) is 27.2 Å². The molecule has 3 atom stereocenters. The van der Waals surface area contributed by atoms with Gasteiger partial charge in [0, 0.05) is 11.6 Å². The first-order valence-electron chi connectivity index (χ1n) is 8.23. The first kappa shape index (κ1) is 15.3. The number of aliphatic hydroxyl groups excluding tert-OH is 1. The van der Waals surface area contributed by atoms with Crippen LogP contribution in [0.15, 0.2) is 0 Å². The highest BCUT2D eigenvalue weighted by Crippen LogP contribution is 2.44. The molecular weight excluding hydrogens is 234 g/mol. The van der Waals surface area contributed by atoms with Crippen LogP contribution in [0.4, 0.5) is 0 Å². The van der Waals surface area contributed by atoms with E-state index in [0.717, 1.165) is 12.3 Å². The van der Waals surface area contributed by atoms with Crippen molar-refractivity contribution in [2.24, 2.45) is 11.3 Å². The van der Waals surface area contributed by atoms with E-state index in [0.29, 0.717) is 11.5 Å². The molecule has 0 aromatic carbocycles. The zero-order valence-corrected chi connectivity index (χ0v) is 13.6. The van der Waals surface area contributed by atoms with Gasteiger partial charge < -0.3 is 5.11 Å². The van der Waals surface area contributed by atoms with Crippen LogP contribution in [0.3, 0.4) is 0 Å². The Labute approximate surface area is 119 Å². The van der Waals surface area contributed by atoms with Crippen molar-refractivity contribution < 1.29 is 5.11 Å². The Morgan fingerprint density at radius 3 is 2.47 bits per heavy atom. The molecule has 0 radical (unpaired) electrons. The standard InChI is InChI=1S/C17H33NO/c1-6-16(2,3)13-8-9-15(19)14(12-13)18-11-7-10-17(18,4)5/h13-15,19H,6-12H2,1-5H3. The molecule has 112 valence electrons. The van der Waals surface area contributed by atoms with Gasteiger partial charge in [0.05, 0.1) is 6.10 Å². The number of likely N-dealkylation sites (tertiary alicyclic amines) is 1. The number of hydrogen-bond donors (Lipinski definition) is 1. The van der Waals surface area contributed by atoms with Crippen LogP contribution in [-0.4, -0.2) is 34.2 Å². The molecule has 2 fully saturated rings. The van der Waals surface area contributed by atoms with Gasteiger partial charge in [-0.3, -0.25) is 4.90 Å². The molecule has 1 aliphatic carbocycles. The Bertz CT molecular complexity index is 310. The summed E-state index contributed by atoms with van der Waals surface area (Å²) in [5.41, 5.74) is 0.701. The maximum absolute atomic E-state index is 10.5. The molecule has 1 saturated heterocycles. The van der Waals surface area contributed by atoms with Crippen LogP contribution in [-0.2, 0) is 0 Å². The summed E-state index contributed by atoms with van der Waals surface area (Å²) in [6, 6.07) is 0.391. The van der Waals surface area contributed by atoms with E-state index in [-0.39, 0.29) is 11.6 Å². The molecule has 0 aromatic heterocycles. The molecule has 3 unspecified atom stereocenters. The molecule has 2 aliphatic rings. The van der Waals surface area contributed by atoms with Gasteiger partial charge in [-0.25, -0.2) is 0 Å². The number of hydrogen-bond acceptors (Lipinski definition) is 2. The van der Waals surface area contributed by atoms with Crippen molar-refractivity contribution in [2.45, 2.75) is 90.8 Å². The van der Waals surface area contributed by atoms with E-state index in [1.807, 2.05) is 0 Å². The molecule has 1 N–H and O–H groups in total. The van der Waals surface area contributed by atoms with E-state index in [2.05, 4.69) is 39.5 Å². The molecule has 0 spiro atoms. The lowest BCUT2D eigenvalue weighted by molar-refractivity contribution is -0.0416. The predicted octanol–water partition coefficient (Wildman–Crippen LogP) is 3.83. The summed E-state index contributed by atoms with van der Waals surface area (Å²) < 4.78 is 0. The third-order valence-corrected chi connectivity index (χ3v) is 6.16. The summed E-state index contributed by atoms with van der Waals surface area (Å²) in [5, 5.41) is 10.5. The van der Waals surface area contributed by atoms with E-state index >= 15 is 0 Å². The van der Waals surface area contributed by atoms with Gasteiger partial charge in [-0.05, 0) is 63.8 Å². The highest BCUT2D eigenvalue weighted by atomic mass is 16.3. The second-order valence-corrected chi connectivity index (χ2v) is 8.10. The van der Waals surface area contributed by atoms with Gasteiger partial charge in [0.2, 0.25) is 0 Å². The quantitative estimate of drug-likeness (QED) is 0.840. The van der Waals surface area contributed by atoms with Crippen LogP contribution in [0.2, 0.25) is 0 Å². The van der Waals surface area contributed by atoms with Crippen molar-refractivity contribution in [3.05, 3.63) is 0 Å². The molecule has 19 heavy (non-hydrogen) atoms. The van der Waals surface area contributed by atoms with Gasteiger partial charge in [-0.2, -0.15) is 0 Å². The molecular formula is C17H33NO. The molecule has 2 nitrogen and oxygen atoms in total. The summed E-state index contributed by atoms with van der Waals surface area (Å²) in [6.07, 6.45) is 7.07. The fraction of sp³-hybridized carbons (Fsp3) is 1.00. The van der Waals surface area contributed by atoms with E-state index in [4.69, 9.17) is 0 Å². The Balaban J connectivity index is 2.11. The molecule has 1 saturated carbocycles. The lowest BCUT2D eigenvalue weighted by Gasteiger charge is -2.48. The van der Waals surface area contributed by atoms with Crippen molar-refractivity contribution >= 4 is 0 Å². The SMILES string of the molecule is CCC(C)(C)C1CCC(O)C(N2CCCC2(C)C)C1. The fourth-order valence-corrected chi connectivity index (χ4v) is 4.21.